The molecule has 2 rings (SSSR count). The Morgan fingerprint density at radius 2 is 2.33 bits per heavy atom. The van der Waals surface area contributed by atoms with Gasteiger partial charge in [0.05, 0.1) is 5.69 Å². The average molecular weight is 263 g/mol. The average Bonchev–Trinajstić information content (AvgIpc) is 2.64. The highest BCUT2D eigenvalue weighted by Crippen LogP contribution is 2.29. The molecule has 1 aromatic heterocycles. The van der Waals surface area contributed by atoms with Crippen molar-refractivity contribution in [1.82, 2.24) is 9.88 Å². The molecule has 18 heavy (non-hydrogen) atoms. The van der Waals surface area contributed by atoms with Gasteiger partial charge in [0.2, 0.25) is 0 Å². The van der Waals surface area contributed by atoms with Crippen LogP contribution in [0.4, 0.5) is 5.69 Å². The Balaban J connectivity index is 2.14. The van der Waals surface area contributed by atoms with Gasteiger partial charge in [-0.3, -0.25) is 4.98 Å². The first kappa shape index (κ1) is 13.4. The molecular weight excluding hydrogens is 242 g/mol. The minimum Gasteiger partial charge on any atom is -0.350 e. The zero-order valence-corrected chi connectivity index (χ0v) is 12.4. The summed E-state index contributed by atoms with van der Waals surface area (Å²) in [6.07, 6.45) is 4.90. The summed E-state index contributed by atoms with van der Waals surface area (Å²) in [5, 5.41) is 1.13. The van der Waals surface area contributed by atoms with Gasteiger partial charge >= 0.3 is 0 Å². The first-order chi connectivity index (χ1) is 8.58. The summed E-state index contributed by atoms with van der Waals surface area (Å²) >= 11 is 1.86. The van der Waals surface area contributed by atoms with Crippen LogP contribution in [0.25, 0.3) is 0 Å². The fourth-order valence-electron chi connectivity index (χ4n) is 2.12. The molecule has 3 nitrogen and oxygen atoms in total. The number of pyridine rings is 1. The van der Waals surface area contributed by atoms with Crippen molar-refractivity contribution < 1.29 is 0 Å². The fourth-order valence-corrected chi connectivity index (χ4v) is 3.33. The van der Waals surface area contributed by atoms with Crippen LogP contribution in [-0.2, 0) is 0 Å². The van der Waals surface area contributed by atoms with Gasteiger partial charge in [0, 0.05) is 31.2 Å². The Hall–Kier alpha value is -1.03. The van der Waals surface area contributed by atoms with Gasteiger partial charge in [0.15, 0.2) is 5.17 Å². The molecule has 1 saturated heterocycles. The molecule has 1 aliphatic rings. The molecule has 0 amide bonds. The maximum atomic E-state index is 4.76. The molecule has 1 aliphatic heterocycles. The van der Waals surface area contributed by atoms with Crippen molar-refractivity contribution in [2.24, 2.45) is 10.9 Å². The standard InChI is InChI=1S/C14H21N3S/c1-10(2)7-12-9-18-14(17(12)4)16-13-5-6-15-8-11(13)3/h5-6,8,10,12H,7,9H2,1-4H3. The molecule has 0 aliphatic carbocycles. The molecule has 0 N–H and O–H groups in total. The number of aliphatic imine (C=N–C) groups is 1. The molecule has 0 saturated carbocycles. The predicted molar refractivity (Wildman–Crippen MR) is 79.5 cm³/mol. The molecule has 98 valence electrons. The number of hydrogen-bond donors (Lipinski definition) is 0. The summed E-state index contributed by atoms with van der Waals surface area (Å²) in [4.78, 5) is 11.2. The molecule has 1 aromatic rings. The molecular formula is C14H21N3S. The minimum absolute atomic E-state index is 0.621. The maximum absolute atomic E-state index is 4.76. The number of amidine groups is 1. The molecule has 4 heteroatoms. The summed E-state index contributed by atoms with van der Waals surface area (Å²) in [5.41, 5.74) is 2.16. The first-order valence-electron chi connectivity index (χ1n) is 6.43. The third-order valence-electron chi connectivity index (χ3n) is 3.20. The number of thioether (sulfide) groups is 1. The van der Waals surface area contributed by atoms with E-state index in [9.17, 15) is 0 Å². The Morgan fingerprint density at radius 3 is 3.00 bits per heavy atom. The first-order valence-corrected chi connectivity index (χ1v) is 7.41. The lowest BCUT2D eigenvalue weighted by Crippen LogP contribution is -2.30. The van der Waals surface area contributed by atoms with Crippen LogP contribution in [0.2, 0.25) is 0 Å². The second kappa shape index (κ2) is 5.74. The van der Waals surface area contributed by atoms with Crippen molar-refractivity contribution in [2.45, 2.75) is 33.2 Å². The van der Waals surface area contributed by atoms with E-state index in [-0.39, 0.29) is 0 Å². The van der Waals surface area contributed by atoms with Crippen LogP contribution in [0, 0.1) is 12.8 Å². The molecule has 0 spiro atoms. The van der Waals surface area contributed by atoms with E-state index in [0.717, 1.165) is 28.1 Å². The van der Waals surface area contributed by atoms with Gasteiger partial charge in [0.25, 0.3) is 0 Å². The van der Waals surface area contributed by atoms with Gasteiger partial charge in [-0.2, -0.15) is 0 Å². The quantitative estimate of drug-likeness (QED) is 0.836. The number of aromatic nitrogens is 1. The van der Waals surface area contributed by atoms with E-state index >= 15 is 0 Å². The van der Waals surface area contributed by atoms with Crippen LogP contribution in [0.5, 0.6) is 0 Å². The molecule has 1 unspecified atom stereocenters. The van der Waals surface area contributed by atoms with Crippen LogP contribution in [0.3, 0.4) is 0 Å². The third kappa shape index (κ3) is 3.05. The normalized spacial score (nSPS) is 22.2. The Labute approximate surface area is 114 Å². The van der Waals surface area contributed by atoms with Crippen molar-refractivity contribution in [3.05, 3.63) is 24.0 Å². The van der Waals surface area contributed by atoms with Crippen molar-refractivity contribution >= 4 is 22.6 Å². The van der Waals surface area contributed by atoms with E-state index in [1.807, 2.05) is 24.0 Å². The molecule has 1 atom stereocenters. The molecule has 0 bridgehead atoms. The smallest absolute Gasteiger partial charge is 0.164 e. The van der Waals surface area contributed by atoms with Gasteiger partial charge in [-0.15, -0.1) is 0 Å². The maximum Gasteiger partial charge on any atom is 0.164 e. The predicted octanol–water partition coefficient (Wildman–Crippen LogP) is 3.47. The minimum atomic E-state index is 0.621. The summed E-state index contributed by atoms with van der Waals surface area (Å²) in [6, 6.07) is 2.60. The largest absolute Gasteiger partial charge is 0.350 e. The van der Waals surface area contributed by atoms with Gasteiger partial charge in [-0.1, -0.05) is 25.6 Å². The topological polar surface area (TPSA) is 28.5 Å². The van der Waals surface area contributed by atoms with Crippen LogP contribution in [0.15, 0.2) is 23.5 Å². The van der Waals surface area contributed by atoms with Crippen LogP contribution >= 0.6 is 11.8 Å². The van der Waals surface area contributed by atoms with E-state index in [4.69, 9.17) is 4.99 Å². The zero-order valence-electron chi connectivity index (χ0n) is 11.6. The Bertz CT molecular complexity index is 442. The van der Waals surface area contributed by atoms with Crippen LogP contribution in [-0.4, -0.2) is 33.9 Å². The lowest BCUT2D eigenvalue weighted by Gasteiger charge is -2.22. The van der Waals surface area contributed by atoms with Crippen molar-refractivity contribution in [1.29, 1.82) is 0 Å². The molecule has 0 radical (unpaired) electrons. The SMILES string of the molecule is Cc1cnccc1N=C1SCC(CC(C)C)N1C. The highest BCUT2D eigenvalue weighted by Gasteiger charge is 2.27. The van der Waals surface area contributed by atoms with Crippen LogP contribution in [0.1, 0.15) is 25.8 Å². The lowest BCUT2D eigenvalue weighted by atomic mass is 10.0. The molecule has 2 heterocycles. The van der Waals surface area contributed by atoms with E-state index in [2.05, 4.69) is 37.7 Å². The number of rotatable bonds is 3. The van der Waals surface area contributed by atoms with Crippen molar-refractivity contribution in [3.8, 4) is 0 Å². The van der Waals surface area contributed by atoms with E-state index in [1.165, 1.54) is 6.42 Å². The van der Waals surface area contributed by atoms with Gasteiger partial charge in [0.1, 0.15) is 0 Å². The highest BCUT2D eigenvalue weighted by atomic mass is 32.2. The second-order valence-electron chi connectivity index (χ2n) is 5.26. The summed E-state index contributed by atoms with van der Waals surface area (Å²) in [7, 11) is 2.16. The van der Waals surface area contributed by atoms with Crippen molar-refractivity contribution in [3.63, 3.8) is 0 Å². The number of hydrogen-bond acceptors (Lipinski definition) is 3. The zero-order chi connectivity index (χ0) is 13.1. The highest BCUT2D eigenvalue weighted by molar-refractivity contribution is 8.14. The summed E-state index contributed by atoms with van der Waals surface area (Å²) in [5.74, 6) is 1.89. The van der Waals surface area contributed by atoms with Crippen LogP contribution < -0.4 is 0 Å². The summed E-state index contributed by atoms with van der Waals surface area (Å²) < 4.78 is 0. The van der Waals surface area contributed by atoms with E-state index in [1.54, 1.807) is 6.20 Å². The lowest BCUT2D eigenvalue weighted by molar-refractivity contribution is 0.351. The van der Waals surface area contributed by atoms with E-state index in [0.29, 0.717) is 6.04 Å². The monoisotopic (exact) mass is 263 g/mol. The Kier molecular flexibility index (Phi) is 4.27. The van der Waals surface area contributed by atoms with Gasteiger partial charge < -0.3 is 4.90 Å². The second-order valence-corrected chi connectivity index (χ2v) is 6.25. The fraction of sp³-hybridized carbons (Fsp3) is 0.571. The third-order valence-corrected chi connectivity index (χ3v) is 4.39. The van der Waals surface area contributed by atoms with Gasteiger partial charge in [-0.05, 0) is 30.9 Å². The Morgan fingerprint density at radius 1 is 1.56 bits per heavy atom. The summed E-state index contributed by atoms with van der Waals surface area (Å²) in [6.45, 7) is 6.61. The van der Waals surface area contributed by atoms with Gasteiger partial charge in [-0.25, -0.2) is 4.99 Å². The molecule has 1 fully saturated rings. The van der Waals surface area contributed by atoms with E-state index < -0.39 is 0 Å². The number of aryl methyl sites for hydroxylation is 1. The van der Waals surface area contributed by atoms with Crippen molar-refractivity contribution in [2.75, 3.05) is 12.8 Å². The number of nitrogens with zero attached hydrogens (tertiary/aromatic N) is 3. The molecule has 0 aromatic carbocycles.